The third-order valence-electron chi connectivity index (χ3n) is 5.50. The summed E-state index contributed by atoms with van der Waals surface area (Å²) >= 11 is 0. The van der Waals surface area contributed by atoms with Crippen LogP contribution in [0, 0.1) is 5.92 Å². The minimum Gasteiger partial charge on any atom is -0.395 e. The lowest BCUT2D eigenvalue weighted by atomic mass is 10.0. The van der Waals surface area contributed by atoms with Crippen LogP contribution in [-0.4, -0.2) is 99.3 Å². The largest absolute Gasteiger partial charge is 0.395 e. The van der Waals surface area contributed by atoms with Crippen molar-refractivity contribution in [2.45, 2.75) is 85.0 Å². The van der Waals surface area contributed by atoms with Gasteiger partial charge in [0.05, 0.1) is 51.8 Å². The summed E-state index contributed by atoms with van der Waals surface area (Å²) in [6, 6.07) is 0. The van der Waals surface area contributed by atoms with Gasteiger partial charge in [0.15, 0.2) is 0 Å². The lowest BCUT2D eigenvalue weighted by Gasteiger charge is -2.25. The predicted molar refractivity (Wildman–Crippen MR) is 126 cm³/mol. The fourth-order valence-electron chi connectivity index (χ4n) is 3.20. The van der Waals surface area contributed by atoms with E-state index in [0.29, 0.717) is 52.0 Å². The van der Waals surface area contributed by atoms with Gasteiger partial charge in [-0.05, 0) is 32.6 Å². The minimum absolute atomic E-state index is 0.0416. The Hall–Kier alpha value is -0.280. The average Bonchev–Trinajstić information content (AvgIpc) is 2.77. The first-order chi connectivity index (χ1) is 15.0. The third-order valence-corrected chi connectivity index (χ3v) is 5.50. The summed E-state index contributed by atoms with van der Waals surface area (Å²) in [7, 11) is 0. The summed E-state index contributed by atoms with van der Waals surface area (Å²) in [6.45, 7) is 15.5. The summed E-state index contributed by atoms with van der Waals surface area (Å²) in [4.78, 5) is 1.98. The second kappa shape index (κ2) is 21.6. The number of unbranched alkanes of at least 4 members (excludes halogenated alkanes) is 1. The average molecular weight is 450 g/mol. The van der Waals surface area contributed by atoms with E-state index in [1.807, 2.05) is 11.8 Å². The molecule has 7 nitrogen and oxygen atoms in total. The van der Waals surface area contributed by atoms with E-state index in [1.165, 1.54) is 19.3 Å². The quantitative estimate of drug-likeness (QED) is 0.232. The van der Waals surface area contributed by atoms with Gasteiger partial charge in [0.2, 0.25) is 0 Å². The molecule has 0 saturated heterocycles. The molecule has 0 aliphatic carbocycles. The molecule has 0 amide bonds. The summed E-state index contributed by atoms with van der Waals surface area (Å²) in [5, 5.41) is 18.1. The molecule has 0 spiro atoms. The molecule has 0 aromatic carbocycles. The molecule has 0 aromatic heterocycles. The third kappa shape index (κ3) is 17.9. The van der Waals surface area contributed by atoms with Crippen LogP contribution in [0.3, 0.4) is 0 Å². The summed E-state index contributed by atoms with van der Waals surface area (Å²) in [5.41, 5.74) is 0. The van der Waals surface area contributed by atoms with Crippen molar-refractivity contribution < 1.29 is 29.2 Å². The Labute approximate surface area is 191 Å². The second-order valence-electron chi connectivity index (χ2n) is 8.44. The van der Waals surface area contributed by atoms with Crippen LogP contribution in [0.2, 0.25) is 0 Å². The molecular formula is C24H51NO6. The summed E-state index contributed by atoms with van der Waals surface area (Å²) in [6.07, 6.45) is 5.87. The molecule has 0 fully saturated rings. The van der Waals surface area contributed by atoms with Crippen molar-refractivity contribution in [1.29, 1.82) is 0 Å². The maximum atomic E-state index is 9.05. The predicted octanol–water partition coefficient (Wildman–Crippen LogP) is 3.11. The van der Waals surface area contributed by atoms with Crippen LogP contribution in [0.4, 0.5) is 0 Å². The SMILES string of the molecule is CCCCC(CC)COCC(COC(C)COCCN(CCO)CCO)OC(C)CC. The smallest absolute Gasteiger partial charge is 0.104 e. The maximum absolute atomic E-state index is 9.05. The van der Waals surface area contributed by atoms with Crippen LogP contribution in [0.1, 0.15) is 66.7 Å². The van der Waals surface area contributed by atoms with E-state index in [2.05, 4.69) is 27.7 Å². The lowest BCUT2D eigenvalue weighted by molar-refractivity contribution is -0.110. The number of aliphatic hydroxyl groups excluding tert-OH is 2. The van der Waals surface area contributed by atoms with Gasteiger partial charge in [0, 0.05) is 26.2 Å². The van der Waals surface area contributed by atoms with E-state index >= 15 is 0 Å². The van der Waals surface area contributed by atoms with Gasteiger partial charge in [0.25, 0.3) is 0 Å². The molecule has 31 heavy (non-hydrogen) atoms. The molecule has 0 aliphatic rings. The molecule has 0 heterocycles. The molecule has 4 atom stereocenters. The maximum Gasteiger partial charge on any atom is 0.104 e. The molecule has 188 valence electrons. The van der Waals surface area contributed by atoms with Crippen molar-refractivity contribution in [2.24, 2.45) is 5.92 Å². The number of ether oxygens (including phenoxy) is 4. The molecule has 0 aliphatic heterocycles. The van der Waals surface area contributed by atoms with E-state index < -0.39 is 0 Å². The highest BCUT2D eigenvalue weighted by atomic mass is 16.6. The highest BCUT2D eigenvalue weighted by Crippen LogP contribution is 2.14. The first-order valence-electron chi connectivity index (χ1n) is 12.4. The van der Waals surface area contributed by atoms with Gasteiger partial charge in [-0.2, -0.15) is 0 Å². The van der Waals surface area contributed by atoms with Gasteiger partial charge < -0.3 is 29.2 Å². The summed E-state index contributed by atoms with van der Waals surface area (Å²) in [5.74, 6) is 0.619. The first-order valence-corrected chi connectivity index (χ1v) is 12.4. The van der Waals surface area contributed by atoms with Crippen LogP contribution in [0.25, 0.3) is 0 Å². The molecule has 0 bridgehead atoms. The molecule has 0 saturated carbocycles. The fraction of sp³-hybridized carbons (Fsp3) is 1.00. The van der Waals surface area contributed by atoms with E-state index in [9.17, 15) is 0 Å². The number of rotatable bonds is 23. The van der Waals surface area contributed by atoms with Gasteiger partial charge in [-0.15, -0.1) is 0 Å². The molecule has 4 unspecified atom stereocenters. The zero-order valence-electron chi connectivity index (χ0n) is 20.9. The fourth-order valence-corrected chi connectivity index (χ4v) is 3.20. The number of hydrogen-bond acceptors (Lipinski definition) is 7. The van der Waals surface area contributed by atoms with Crippen LogP contribution < -0.4 is 0 Å². The van der Waals surface area contributed by atoms with Crippen molar-refractivity contribution in [2.75, 3.05) is 65.9 Å². The molecule has 0 rings (SSSR count). The van der Waals surface area contributed by atoms with Crippen molar-refractivity contribution in [3.63, 3.8) is 0 Å². The van der Waals surface area contributed by atoms with Gasteiger partial charge in [-0.1, -0.05) is 40.0 Å². The zero-order chi connectivity index (χ0) is 23.3. The topological polar surface area (TPSA) is 80.6 Å². The van der Waals surface area contributed by atoms with Crippen molar-refractivity contribution in [3.8, 4) is 0 Å². The van der Waals surface area contributed by atoms with E-state index in [4.69, 9.17) is 29.2 Å². The van der Waals surface area contributed by atoms with E-state index in [1.54, 1.807) is 0 Å². The monoisotopic (exact) mass is 449 g/mol. The Morgan fingerprint density at radius 2 is 1.48 bits per heavy atom. The Morgan fingerprint density at radius 1 is 0.774 bits per heavy atom. The lowest BCUT2D eigenvalue weighted by Crippen LogP contribution is -2.34. The van der Waals surface area contributed by atoms with Gasteiger partial charge >= 0.3 is 0 Å². The van der Waals surface area contributed by atoms with Gasteiger partial charge in [0.1, 0.15) is 6.10 Å². The molecular weight excluding hydrogens is 398 g/mol. The van der Waals surface area contributed by atoms with Crippen LogP contribution in [0.15, 0.2) is 0 Å². The van der Waals surface area contributed by atoms with Crippen LogP contribution >= 0.6 is 0 Å². The highest BCUT2D eigenvalue weighted by molar-refractivity contribution is 4.63. The molecule has 0 aromatic rings. The highest BCUT2D eigenvalue weighted by Gasteiger charge is 2.17. The first kappa shape index (κ1) is 30.7. The van der Waals surface area contributed by atoms with Crippen LogP contribution in [-0.2, 0) is 18.9 Å². The number of hydrogen-bond donors (Lipinski definition) is 2. The van der Waals surface area contributed by atoms with Gasteiger partial charge in [-0.3, -0.25) is 4.90 Å². The Balaban J connectivity index is 4.23. The van der Waals surface area contributed by atoms with E-state index in [0.717, 1.165) is 19.4 Å². The van der Waals surface area contributed by atoms with Crippen molar-refractivity contribution in [1.82, 2.24) is 4.90 Å². The Kier molecular flexibility index (Phi) is 21.4. The van der Waals surface area contributed by atoms with Gasteiger partial charge in [-0.25, -0.2) is 0 Å². The normalized spacial score (nSPS) is 15.9. The zero-order valence-corrected chi connectivity index (χ0v) is 20.9. The Bertz CT molecular complexity index is 368. The van der Waals surface area contributed by atoms with Crippen molar-refractivity contribution in [3.05, 3.63) is 0 Å². The Morgan fingerprint density at radius 3 is 2.06 bits per heavy atom. The number of aliphatic hydroxyl groups is 2. The second-order valence-corrected chi connectivity index (χ2v) is 8.44. The van der Waals surface area contributed by atoms with Crippen molar-refractivity contribution >= 4 is 0 Å². The van der Waals surface area contributed by atoms with E-state index in [-0.39, 0.29) is 31.5 Å². The van der Waals surface area contributed by atoms with Crippen LogP contribution in [0.5, 0.6) is 0 Å². The minimum atomic E-state index is -0.0781. The number of nitrogens with zero attached hydrogens (tertiary/aromatic N) is 1. The molecule has 2 N–H and O–H groups in total. The molecule has 0 radical (unpaired) electrons. The molecule has 7 heteroatoms. The summed E-state index contributed by atoms with van der Waals surface area (Å²) < 4.78 is 23.8. The standard InChI is InChI=1S/C24H51NO6/c1-6-9-10-23(8-3)18-29-19-24(31-21(4)7-2)20-30-22(5)17-28-16-13-25(11-14-26)12-15-27/h21-24,26-27H,6-20H2,1-5H3.